The molecule has 1 aromatic rings. The SMILES string of the molecule is CCCCN(CC)c1c(Cl)cn[nH]c1=O. The lowest BCUT2D eigenvalue weighted by molar-refractivity contribution is 0.726. The summed E-state index contributed by atoms with van der Waals surface area (Å²) in [6.07, 6.45) is 3.61. The number of rotatable bonds is 5. The Bertz CT molecular complexity index is 364. The fraction of sp³-hybridized carbons (Fsp3) is 0.600. The van der Waals surface area contributed by atoms with Crippen molar-refractivity contribution < 1.29 is 0 Å². The summed E-state index contributed by atoms with van der Waals surface area (Å²) in [7, 11) is 0. The van der Waals surface area contributed by atoms with E-state index in [1.54, 1.807) is 0 Å². The van der Waals surface area contributed by atoms with Crippen LogP contribution in [0.25, 0.3) is 0 Å². The van der Waals surface area contributed by atoms with Gasteiger partial charge in [0.2, 0.25) is 0 Å². The molecule has 0 saturated carbocycles. The molecule has 0 aromatic carbocycles. The van der Waals surface area contributed by atoms with Gasteiger partial charge in [-0.25, -0.2) is 5.10 Å². The first-order valence-electron chi connectivity index (χ1n) is 5.18. The number of hydrogen-bond donors (Lipinski definition) is 1. The molecule has 0 radical (unpaired) electrons. The lowest BCUT2D eigenvalue weighted by Crippen LogP contribution is -2.30. The van der Waals surface area contributed by atoms with Crippen molar-refractivity contribution in [2.45, 2.75) is 26.7 Å². The summed E-state index contributed by atoms with van der Waals surface area (Å²) in [6.45, 7) is 5.74. The highest BCUT2D eigenvalue weighted by molar-refractivity contribution is 6.33. The third kappa shape index (κ3) is 2.96. The van der Waals surface area contributed by atoms with Gasteiger partial charge in [0.25, 0.3) is 5.56 Å². The molecule has 0 unspecified atom stereocenters. The molecule has 0 fully saturated rings. The second-order valence-corrected chi connectivity index (χ2v) is 3.74. The molecule has 0 amide bonds. The van der Waals surface area contributed by atoms with Gasteiger partial charge in [0.1, 0.15) is 5.69 Å². The van der Waals surface area contributed by atoms with E-state index in [0.717, 1.165) is 25.9 Å². The van der Waals surface area contributed by atoms with Crippen LogP contribution in [0.1, 0.15) is 26.7 Å². The van der Waals surface area contributed by atoms with Crippen molar-refractivity contribution in [1.29, 1.82) is 0 Å². The fourth-order valence-corrected chi connectivity index (χ4v) is 1.70. The van der Waals surface area contributed by atoms with Gasteiger partial charge in [-0.2, -0.15) is 5.10 Å². The molecule has 15 heavy (non-hydrogen) atoms. The monoisotopic (exact) mass is 229 g/mol. The predicted molar refractivity (Wildman–Crippen MR) is 62.7 cm³/mol. The molecule has 1 rings (SSSR count). The minimum atomic E-state index is -0.222. The Labute approximate surface area is 94.3 Å². The first kappa shape index (κ1) is 12.0. The quantitative estimate of drug-likeness (QED) is 0.841. The summed E-state index contributed by atoms with van der Waals surface area (Å²) in [5.74, 6) is 0. The summed E-state index contributed by atoms with van der Waals surface area (Å²) in [4.78, 5) is 13.5. The molecule has 1 aromatic heterocycles. The molecule has 1 heterocycles. The van der Waals surface area contributed by atoms with Gasteiger partial charge < -0.3 is 4.90 Å². The zero-order valence-electron chi connectivity index (χ0n) is 9.09. The van der Waals surface area contributed by atoms with Crippen molar-refractivity contribution in [2.75, 3.05) is 18.0 Å². The van der Waals surface area contributed by atoms with Crippen LogP contribution in [0.4, 0.5) is 5.69 Å². The number of aromatic nitrogens is 2. The molecule has 0 spiro atoms. The van der Waals surface area contributed by atoms with E-state index in [9.17, 15) is 4.79 Å². The molecule has 0 bridgehead atoms. The van der Waals surface area contributed by atoms with E-state index in [1.807, 2.05) is 11.8 Å². The smallest absolute Gasteiger partial charge is 0.289 e. The van der Waals surface area contributed by atoms with Gasteiger partial charge >= 0.3 is 0 Å². The van der Waals surface area contributed by atoms with Crippen molar-refractivity contribution >= 4 is 17.3 Å². The Balaban J connectivity index is 2.95. The van der Waals surface area contributed by atoms with E-state index in [-0.39, 0.29) is 5.56 Å². The van der Waals surface area contributed by atoms with Crippen LogP contribution < -0.4 is 10.5 Å². The minimum Gasteiger partial charge on any atom is -0.366 e. The van der Waals surface area contributed by atoms with Crippen molar-refractivity contribution in [3.05, 3.63) is 21.6 Å². The highest BCUT2D eigenvalue weighted by Gasteiger charge is 2.12. The molecule has 0 aliphatic heterocycles. The van der Waals surface area contributed by atoms with Crippen LogP contribution in [-0.2, 0) is 0 Å². The van der Waals surface area contributed by atoms with Crippen LogP contribution >= 0.6 is 11.6 Å². The van der Waals surface area contributed by atoms with Crippen molar-refractivity contribution in [1.82, 2.24) is 10.2 Å². The second-order valence-electron chi connectivity index (χ2n) is 3.33. The number of hydrogen-bond acceptors (Lipinski definition) is 3. The number of nitrogens with zero attached hydrogens (tertiary/aromatic N) is 2. The molecule has 0 aliphatic rings. The van der Waals surface area contributed by atoms with Gasteiger partial charge in [0, 0.05) is 13.1 Å². The van der Waals surface area contributed by atoms with Crippen molar-refractivity contribution in [3.8, 4) is 0 Å². The summed E-state index contributed by atoms with van der Waals surface area (Å²) < 4.78 is 0. The molecule has 5 heteroatoms. The average molecular weight is 230 g/mol. The number of aromatic amines is 1. The van der Waals surface area contributed by atoms with E-state index in [4.69, 9.17) is 11.6 Å². The first-order valence-corrected chi connectivity index (χ1v) is 5.56. The third-order valence-electron chi connectivity index (χ3n) is 2.26. The van der Waals surface area contributed by atoms with E-state index in [0.29, 0.717) is 10.7 Å². The van der Waals surface area contributed by atoms with Crippen LogP contribution in [0.15, 0.2) is 11.0 Å². The predicted octanol–water partition coefficient (Wildman–Crippen LogP) is 2.05. The fourth-order valence-electron chi connectivity index (χ4n) is 1.44. The van der Waals surface area contributed by atoms with Gasteiger partial charge in [-0.05, 0) is 13.3 Å². The topological polar surface area (TPSA) is 49.0 Å². The van der Waals surface area contributed by atoms with E-state index >= 15 is 0 Å². The first-order chi connectivity index (χ1) is 7.20. The third-order valence-corrected chi connectivity index (χ3v) is 2.54. The van der Waals surface area contributed by atoms with Crippen molar-refractivity contribution in [3.63, 3.8) is 0 Å². The van der Waals surface area contributed by atoms with Crippen LogP contribution in [0, 0.1) is 0 Å². The zero-order valence-corrected chi connectivity index (χ0v) is 9.84. The van der Waals surface area contributed by atoms with Crippen LogP contribution in [0.3, 0.4) is 0 Å². The molecule has 4 nitrogen and oxygen atoms in total. The maximum atomic E-state index is 11.6. The van der Waals surface area contributed by atoms with E-state index < -0.39 is 0 Å². The maximum absolute atomic E-state index is 11.6. The number of halogens is 1. The Morgan fingerprint density at radius 2 is 2.27 bits per heavy atom. The Hall–Kier alpha value is -1.03. The molecule has 0 atom stereocenters. The van der Waals surface area contributed by atoms with Gasteiger partial charge in [-0.15, -0.1) is 0 Å². The molecule has 0 saturated heterocycles. The Morgan fingerprint density at radius 3 is 2.80 bits per heavy atom. The van der Waals surface area contributed by atoms with Gasteiger partial charge in [0.15, 0.2) is 0 Å². The van der Waals surface area contributed by atoms with Crippen molar-refractivity contribution in [2.24, 2.45) is 0 Å². The Morgan fingerprint density at radius 1 is 1.53 bits per heavy atom. The number of nitrogens with one attached hydrogen (secondary N) is 1. The van der Waals surface area contributed by atoms with Gasteiger partial charge in [0.05, 0.1) is 11.2 Å². The lowest BCUT2D eigenvalue weighted by Gasteiger charge is -2.22. The molecule has 1 N–H and O–H groups in total. The second kappa shape index (κ2) is 5.75. The Kier molecular flexibility index (Phi) is 4.62. The normalized spacial score (nSPS) is 10.3. The van der Waals surface area contributed by atoms with Gasteiger partial charge in [-0.1, -0.05) is 24.9 Å². The largest absolute Gasteiger partial charge is 0.366 e. The standard InChI is InChI=1S/C10H16ClN3O/c1-3-5-6-14(4-2)9-8(11)7-12-13-10(9)15/h7H,3-6H2,1-2H3,(H,13,15). The zero-order chi connectivity index (χ0) is 11.3. The minimum absolute atomic E-state index is 0.222. The molecular weight excluding hydrogens is 214 g/mol. The molecular formula is C10H16ClN3O. The highest BCUT2D eigenvalue weighted by Crippen LogP contribution is 2.19. The number of unbranched alkanes of at least 4 members (excludes halogenated alkanes) is 1. The van der Waals surface area contributed by atoms with Crippen LogP contribution in [0.5, 0.6) is 0 Å². The lowest BCUT2D eigenvalue weighted by atomic mass is 10.3. The maximum Gasteiger partial charge on any atom is 0.289 e. The van der Waals surface area contributed by atoms with E-state index in [1.165, 1.54) is 6.20 Å². The average Bonchev–Trinajstić information content (AvgIpc) is 2.22. The highest BCUT2D eigenvalue weighted by atomic mass is 35.5. The van der Waals surface area contributed by atoms with Gasteiger partial charge in [-0.3, -0.25) is 4.79 Å². The summed E-state index contributed by atoms with van der Waals surface area (Å²) in [5, 5.41) is 6.46. The summed E-state index contributed by atoms with van der Waals surface area (Å²) in [6, 6.07) is 0. The molecule has 84 valence electrons. The van der Waals surface area contributed by atoms with Crippen LogP contribution in [0.2, 0.25) is 5.02 Å². The number of anilines is 1. The number of H-pyrrole nitrogens is 1. The van der Waals surface area contributed by atoms with E-state index in [2.05, 4.69) is 17.1 Å². The summed E-state index contributed by atoms with van der Waals surface area (Å²) in [5.41, 5.74) is 0.308. The summed E-state index contributed by atoms with van der Waals surface area (Å²) >= 11 is 5.96. The van der Waals surface area contributed by atoms with Crippen LogP contribution in [-0.4, -0.2) is 23.3 Å². The molecule has 0 aliphatic carbocycles.